The Hall–Kier alpha value is -0.610. The lowest BCUT2D eigenvalue weighted by Crippen LogP contribution is -2.11. The minimum absolute atomic E-state index is 0.0212. The number of thiazole rings is 1. The summed E-state index contributed by atoms with van der Waals surface area (Å²) in [6.07, 6.45) is 0. The summed E-state index contributed by atoms with van der Waals surface area (Å²) in [7, 11) is 0. The van der Waals surface area contributed by atoms with Crippen LogP contribution in [0.1, 0.15) is 31.3 Å². The molecular weight excluding hydrogens is 172 g/mol. The monoisotopic (exact) mass is 186 g/mol. The number of aliphatic hydroxyl groups is 1. The molecule has 68 valence electrons. The lowest BCUT2D eigenvalue weighted by Gasteiger charge is -2.16. The average Bonchev–Trinajstić information content (AvgIpc) is 2.29. The van der Waals surface area contributed by atoms with Gasteiger partial charge in [-0.3, -0.25) is 0 Å². The molecule has 0 fully saturated rings. The van der Waals surface area contributed by atoms with E-state index in [0.29, 0.717) is 10.8 Å². The summed E-state index contributed by atoms with van der Waals surface area (Å²) in [4.78, 5) is 5.11. The van der Waals surface area contributed by atoms with Crippen LogP contribution in [0.4, 0.5) is 5.13 Å². The van der Waals surface area contributed by atoms with Crippen LogP contribution in [0.25, 0.3) is 0 Å². The highest BCUT2D eigenvalue weighted by Crippen LogP contribution is 2.32. The minimum Gasteiger partial charge on any atom is -0.390 e. The van der Waals surface area contributed by atoms with Gasteiger partial charge in [0.25, 0.3) is 0 Å². The molecule has 0 aromatic carbocycles. The van der Waals surface area contributed by atoms with Gasteiger partial charge in [-0.05, 0) is 5.41 Å². The van der Waals surface area contributed by atoms with Crippen LogP contribution in [0.5, 0.6) is 0 Å². The van der Waals surface area contributed by atoms with E-state index in [1.165, 1.54) is 11.3 Å². The van der Waals surface area contributed by atoms with Crippen molar-refractivity contribution in [2.75, 3.05) is 5.73 Å². The molecule has 0 unspecified atom stereocenters. The normalized spacial score (nSPS) is 12.0. The van der Waals surface area contributed by atoms with Gasteiger partial charge in [0, 0.05) is 4.88 Å². The number of hydrogen-bond acceptors (Lipinski definition) is 4. The third-order valence-corrected chi connectivity index (χ3v) is 2.90. The Balaban J connectivity index is 3.13. The highest BCUT2D eigenvalue weighted by Gasteiger charge is 2.21. The molecule has 3 nitrogen and oxygen atoms in total. The van der Waals surface area contributed by atoms with Crippen molar-refractivity contribution in [3.63, 3.8) is 0 Å². The van der Waals surface area contributed by atoms with Crippen LogP contribution in [0.3, 0.4) is 0 Å². The molecule has 1 rings (SSSR count). The molecule has 1 aromatic heterocycles. The molecular formula is C8H14N2OS. The van der Waals surface area contributed by atoms with E-state index in [0.717, 1.165) is 4.88 Å². The molecule has 4 heteroatoms. The van der Waals surface area contributed by atoms with Gasteiger partial charge in [0.1, 0.15) is 0 Å². The van der Waals surface area contributed by atoms with Gasteiger partial charge in [0.2, 0.25) is 0 Å². The van der Waals surface area contributed by atoms with Crippen LogP contribution in [0.2, 0.25) is 0 Å². The van der Waals surface area contributed by atoms with Crippen molar-refractivity contribution >= 4 is 16.5 Å². The first kappa shape index (κ1) is 9.48. The molecule has 0 atom stereocenters. The van der Waals surface area contributed by atoms with Gasteiger partial charge in [-0.1, -0.05) is 20.8 Å². The van der Waals surface area contributed by atoms with Crippen molar-refractivity contribution in [2.24, 2.45) is 0 Å². The highest BCUT2D eigenvalue weighted by molar-refractivity contribution is 7.15. The van der Waals surface area contributed by atoms with Gasteiger partial charge < -0.3 is 10.8 Å². The first-order valence-corrected chi connectivity index (χ1v) is 4.63. The predicted molar refractivity (Wildman–Crippen MR) is 51.1 cm³/mol. The number of nitrogen functional groups attached to an aromatic ring is 1. The van der Waals surface area contributed by atoms with E-state index in [9.17, 15) is 0 Å². The molecule has 12 heavy (non-hydrogen) atoms. The Kier molecular flexibility index (Phi) is 2.39. The summed E-state index contributed by atoms with van der Waals surface area (Å²) >= 11 is 1.45. The van der Waals surface area contributed by atoms with Crippen molar-refractivity contribution in [2.45, 2.75) is 32.8 Å². The Morgan fingerprint density at radius 2 is 2.08 bits per heavy atom. The van der Waals surface area contributed by atoms with Crippen LogP contribution >= 0.6 is 11.3 Å². The first-order valence-electron chi connectivity index (χ1n) is 3.81. The Morgan fingerprint density at radius 3 is 2.42 bits per heavy atom. The lowest BCUT2D eigenvalue weighted by molar-refractivity contribution is 0.274. The molecule has 0 radical (unpaired) electrons. The molecule has 0 saturated carbocycles. The van der Waals surface area contributed by atoms with Crippen molar-refractivity contribution in [1.29, 1.82) is 0 Å². The average molecular weight is 186 g/mol. The fourth-order valence-electron chi connectivity index (χ4n) is 1.06. The summed E-state index contributed by atoms with van der Waals surface area (Å²) in [5.74, 6) is 0. The zero-order valence-corrected chi connectivity index (χ0v) is 8.40. The fraction of sp³-hybridized carbons (Fsp3) is 0.625. The topological polar surface area (TPSA) is 59.1 Å². The molecule has 0 saturated heterocycles. The predicted octanol–water partition coefficient (Wildman–Crippen LogP) is 1.52. The molecule has 0 bridgehead atoms. The summed E-state index contributed by atoms with van der Waals surface area (Å²) in [5.41, 5.74) is 6.28. The maximum absolute atomic E-state index is 8.98. The number of nitrogens with zero attached hydrogens (tertiary/aromatic N) is 1. The molecule has 0 spiro atoms. The van der Waals surface area contributed by atoms with E-state index < -0.39 is 0 Å². The smallest absolute Gasteiger partial charge is 0.180 e. The second kappa shape index (κ2) is 3.03. The fourth-order valence-corrected chi connectivity index (χ4v) is 1.96. The SMILES string of the molecule is CC(C)(C)c1sc(N)nc1CO. The van der Waals surface area contributed by atoms with Crippen molar-refractivity contribution in [3.8, 4) is 0 Å². The molecule has 0 aliphatic heterocycles. The minimum atomic E-state index is -0.0275. The maximum Gasteiger partial charge on any atom is 0.180 e. The van der Waals surface area contributed by atoms with Crippen LogP contribution in [0, 0.1) is 0 Å². The van der Waals surface area contributed by atoms with Crippen LogP contribution < -0.4 is 5.73 Å². The van der Waals surface area contributed by atoms with Gasteiger partial charge in [-0.25, -0.2) is 4.98 Å². The second-order valence-corrected chi connectivity index (χ2v) is 4.77. The number of nitrogens with two attached hydrogens (primary N) is 1. The quantitative estimate of drug-likeness (QED) is 0.699. The van der Waals surface area contributed by atoms with E-state index in [-0.39, 0.29) is 12.0 Å². The van der Waals surface area contributed by atoms with Gasteiger partial charge in [0.05, 0.1) is 12.3 Å². The summed E-state index contributed by atoms with van der Waals surface area (Å²) in [5, 5.41) is 9.52. The molecule has 0 amide bonds. The Bertz CT molecular complexity index is 275. The highest BCUT2D eigenvalue weighted by atomic mass is 32.1. The molecule has 0 aliphatic rings. The standard InChI is InChI=1S/C8H14N2OS/c1-8(2,3)6-5(4-11)10-7(9)12-6/h11H,4H2,1-3H3,(H2,9,10). The lowest BCUT2D eigenvalue weighted by atomic mass is 9.93. The maximum atomic E-state index is 8.98. The van der Waals surface area contributed by atoms with Crippen LogP contribution in [-0.4, -0.2) is 10.1 Å². The van der Waals surface area contributed by atoms with Gasteiger partial charge in [-0.15, -0.1) is 11.3 Å². The second-order valence-electron chi connectivity index (χ2n) is 3.74. The van der Waals surface area contributed by atoms with Crippen LogP contribution in [0.15, 0.2) is 0 Å². The van der Waals surface area contributed by atoms with E-state index in [4.69, 9.17) is 10.8 Å². The zero-order valence-electron chi connectivity index (χ0n) is 7.59. The van der Waals surface area contributed by atoms with Crippen LogP contribution in [-0.2, 0) is 12.0 Å². The van der Waals surface area contributed by atoms with Gasteiger partial charge in [0.15, 0.2) is 5.13 Å². The summed E-state index contributed by atoms with van der Waals surface area (Å²) < 4.78 is 0. The molecule has 3 N–H and O–H groups in total. The Morgan fingerprint density at radius 1 is 1.50 bits per heavy atom. The number of aliphatic hydroxyl groups excluding tert-OH is 1. The molecule has 1 heterocycles. The third kappa shape index (κ3) is 1.76. The third-order valence-electron chi connectivity index (χ3n) is 1.54. The zero-order chi connectivity index (χ0) is 9.35. The van der Waals surface area contributed by atoms with E-state index in [1.807, 2.05) is 0 Å². The van der Waals surface area contributed by atoms with Gasteiger partial charge in [-0.2, -0.15) is 0 Å². The van der Waals surface area contributed by atoms with E-state index in [1.54, 1.807) is 0 Å². The van der Waals surface area contributed by atoms with Crippen molar-refractivity contribution in [3.05, 3.63) is 10.6 Å². The summed E-state index contributed by atoms with van der Waals surface area (Å²) in [6.45, 7) is 6.22. The Labute approximate surface area is 76.3 Å². The first-order chi connectivity index (χ1) is 5.45. The molecule has 1 aromatic rings. The van der Waals surface area contributed by atoms with Gasteiger partial charge >= 0.3 is 0 Å². The van der Waals surface area contributed by atoms with Crippen molar-refractivity contribution < 1.29 is 5.11 Å². The van der Waals surface area contributed by atoms with E-state index >= 15 is 0 Å². The van der Waals surface area contributed by atoms with Crippen molar-refractivity contribution in [1.82, 2.24) is 4.98 Å². The number of rotatable bonds is 1. The summed E-state index contributed by atoms with van der Waals surface area (Å²) in [6, 6.07) is 0. The largest absolute Gasteiger partial charge is 0.390 e. The number of anilines is 1. The molecule has 0 aliphatic carbocycles. The number of hydrogen-bond donors (Lipinski definition) is 2. The number of aromatic nitrogens is 1. The van der Waals surface area contributed by atoms with E-state index in [2.05, 4.69) is 25.8 Å².